The van der Waals surface area contributed by atoms with E-state index in [9.17, 15) is 9.59 Å². The second-order valence-corrected chi connectivity index (χ2v) is 8.85. The monoisotopic (exact) mass is 522 g/mol. The first-order chi connectivity index (χ1) is 17.9. The van der Waals surface area contributed by atoms with Gasteiger partial charge in [0.05, 0.1) is 18.8 Å². The van der Waals surface area contributed by atoms with Gasteiger partial charge in [0.2, 0.25) is 0 Å². The molecule has 0 amide bonds. The van der Waals surface area contributed by atoms with Crippen LogP contribution in [0.4, 0.5) is 0 Å². The Morgan fingerprint density at radius 2 is 1.38 bits per heavy atom. The number of alkyl halides is 1. The average Bonchev–Trinajstić information content (AvgIpc) is 2.93. The minimum atomic E-state index is -0.682. The maximum Gasteiger partial charge on any atom is 0.343 e. The van der Waals surface area contributed by atoms with Crippen molar-refractivity contribution in [1.82, 2.24) is 0 Å². The summed E-state index contributed by atoms with van der Waals surface area (Å²) in [7, 11) is 0. The Bertz CT molecular complexity index is 1160. The molecule has 0 radical (unpaired) electrons. The van der Waals surface area contributed by atoms with Crippen LogP contribution in [0.2, 0.25) is 0 Å². The highest BCUT2D eigenvalue weighted by atomic mass is 35.5. The zero-order valence-electron chi connectivity index (χ0n) is 21.0. The van der Waals surface area contributed by atoms with Gasteiger partial charge in [-0.3, -0.25) is 4.79 Å². The molecule has 194 valence electrons. The molecule has 0 unspecified atom stereocenters. The molecule has 0 fully saturated rings. The molecule has 3 rings (SSSR count). The molecule has 0 aromatic heterocycles. The molecule has 0 aliphatic rings. The summed E-state index contributed by atoms with van der Waals surface area (Å²) in [6, 6.07) is 21.1. The Labute approximate surface area is 222 Å². The summed E-state index contributed by atoms with van der Waals surface area (Å²) in [4.78, 5) is 24.7. The van der Waals surface area contributed by atoms with Crippen LogP contribution in [0, 0.1) is 5.92 Å². The van der Waals surface area contributed by atoms with Crippen molar-refractivity contribution in [2.75, 3.05) is 19.8 Å². The van der Waals surface area contributed by atoms with E-state index in [4.69, 9.17) is 30.5 Å². The van der Waals surface area contributed by atoms with Crippen molar-refractivity contribution < 1.29 is 28.5 Å². The summed E-state index contributed by atoms with van der Waals surface area (Å²) >= 11 is 6.17. The van der Waals surface area contributed by atoms with Gasteiger partial charge in [0.15, 0.2) is 0 Å². The van der Waals surface area contributed by atoms with E-state index in [0.717, 1.165) is 17.5 Å². The average molecular weight is 523 g/mol. The van der Waals surface area contributed by atoms with Gasteiger partial charge in [0.25, 0.3) is 0 Å². The second kappa shape index (κ2) is 14.2. The van der Waals surface area contributed by atoms with Crippen LogP contribution in [0.15, 0.2) is 85.5 Å². The molecule has 7 heteroatoms. The molecule has 0 aliphatic carbocycles. The molecule has 0 saturated heterocycles. The summed E-state index contributed by atoms with van der Waals surface area (Å²) < 4.78 is 21.7. The number of benzene rings is 3. The van der Waals surface area contributed by atoms with E-state index in [1.54, 1.807) is 54.6 Å². The molecule has 2 atom stereocenters. The van der Waals surface area contributed by atoms with Crippen LogP contribution in [-0.4, -0.2) is 37.1 Å². The molecule has 0 bridgehead atoms. The highest BCUT2D eigenvalue weighted by molar-refractivity contribution is 6.30. The molecular formula is C30H31ClO6. The number of carbonyl (C=O) groups excluding carboxylic acids is 2. The third-order valence-electron chi connectivity index (χ3n) is 5.66. The number of esters is 2. The Hall–Kier alpha value is -3.61. The Morgan fingerprint density at radius 1 is 0.838 bits per heavy atom. The van der Waals surface area contributed by atoms with Gasteiger partial charge in [-0.1, -0.05) is 50.6 Å². The van der Waals surface area contributed by atoms with Crippen molar-refractivity contribution in [2.24, 2.45) is 5.92 Å². The summed E-state index contributed by atoms with van der Waals surface area (Å²) in [6.07, 6.45) is 2.47. The lowest BCUT2D eigenvalue weighted by Crippen LogP contribution is -2.26. The molecule has 0 aliphatic heterocycles. The quantitative estimate of drug-likeness (QED) is 0.0816. The van der Waals surface area contributed by atoms with Crippen molar-refractivity contribution in [3.63, 3.8) is 0 Å². The molecule has 0 heterocycles. The highest BCUT2D eigenvalue weighted by Crippen LogP contribution is 2.26. The van der Waals surface area contributed by atoms with Gasteiger partial charge in [0, 0.05) is 0 Å². The Balaban J connectivity index is 1.52. The van der Waals surface area contributed by atoms with Crippen LogP contribution in [-0.2, 0) is 9.53 Å². The SMILES string of the molecule is C=CCOCCOc1ccc(C(=O)Oc2ccc(-c3ccc(OC(=O)[C@@H](Cl)[C@@H](C)CC)cc3)cc2)cc1. The number of halogens is 1. The first kappa shape index (κ1) is 28.0. The van der Waals surface area contributed by atoms with Crippen molar-refractivity contribution in [2.45, 2.75) is 25.6 Å². The molecular weight excluding hydrogens is 492 g/mol. The van der Waals surface area contributed by atoms with E-state index in [1.807, 2.05) is 38.1 Å². The van der Waals surface area contributed by atoms with Gasteiger partial charge in [-0.15, -0.1) is 18.2 Å². The number of rotatable bonds is 13. The third kappa shape index (κ3) is 8.48. The van der Waals surface area contributed by atoms with Crippen molar-refractivity contribution in [1.29, 1.82) is 0 Å². The van der Waals surface area contributed by atoms with Gasteiger partial charge in [0.1, 0.15) is 29.2 Å². The first-order valence-corrected chi connectivity index (χ1v) is 12.5. The van der Waals surface area contributed by atoms with Gasteiger partial charge in [-0.05, 0) is 65.6 Å². The van der Waals surface area contributed by atoms with E-state index in [-0.39, 0.29) is 5.92 Å². The molecule has 3 aromatic rings. The fourth-order valence-corrected chi connectivity index (χ4v) is 3.50. The second-order valence-electron chi connectivity index (χ2n) is 8.38. The van der Waals surface area contributed by atoms with E-state index >= 15 is 0 Å². The van der Waals surface area contributed by atoms with Crippen molar-refractivity contribution in [3.8, 4) is 28.4 Å². The van der Waals surface area contributed by atoms with E-state index < -0.39 is 17.3 Å². The minimum absolute atomic E-state index is 0.0346. The zero-order valence-corrected chi connectivity index (χ0v) is 21.8. The van der Waals surface area contributed by atoms with Crippen LogP contribution < -0.4 is 14.2 Å². The first-order valence-electron chi connectivity index (χ1n) is 12.1. The topological polar surface area (TPSA) is 71.1 Å². The smallest absolute Gasteiger partial charge is 0.343 e. The molecule has 0 saturated carbocycles. The number of hydrogen-bond acceptors (Lipinski definition) is 6. The largest absolute Gasteiger partial charge is 0.491 e. The molecule has 0 spiro atoms. The lowest BCUT2D eigenvalue weighted by molar-refractivity contribution is -0.134. The Kier molecular flexibility index (Phi) is 10.7. The fourth-order valence-electron chi connectivity index (χ4n) is 3.28. The molecule has 37 heavy (non-hydrogen) atoms. The number of ether oxygens (including phenoxy) is 4. The van der Waals surface area contributed by atoms with Gasteiger partial charge in [-0.25, -0.2) is 4.79 Å². The van der Waals surface area contributed by atoms with E-state index in [2.05, 4.69) is 6.58 Å². The van der Waals surface area contributed by atoms with Crippen LogP contribution in [0.1, 0.15) is 30.6 Å². The van der Waals surface area contributed by atoms with E-state index in [0.29, 0.717) is 42.6 Å². The minimum Gasteiger partial charge on any atom is -0.491 e. The van der Waals surface area contributed by atoms with Crippen molar-refractivity contribution in [3.05, 3.63) is 91.0 Å². The summed E-state index contributed by atoms with van der Waals surface area (Å²) in [5, 5.41) is -0.682. The summed E-state index contributed by atoms with van der Waals surface area (Å²) in [5.74, 6) is 0.623. The van der Waals surface area contributed by atoms with Gasteiger partial charge >= 0.3 is 11.9 Å². The normalized spacial score (nSPS) is 12.3. The summed E-state index contributed by atoms with van der Waals surface area (Å²) in [6.45, 7) is 8.82. The lowest BCUT2D eigenvalue weighted by Gasteiger charge is -2.15. The van der Waals surface area contributed by atoms with E-state index in [1.165, 1.54) is 0 Å². The maximum atomic E-state index is 12.5. The molecule has 0 N–H and O–H groups in total. The van der Waals surface area contributed by atoms with Crippen LogP contribution in [0.3, 0.4) is 0 Å². The highest BCUT2D eigenvalue weighted by Gasteiger charge is 2.23. The maximum absolute atomic E-state index is 12.5. The van der Waals surface area contributed by atoms with Crippen LogP contribution in [0.25, 0.3) is 11.1 Å². The van der Waals surface area contributed by atoms with Crippen LogP contribution >= 0.6 is 11.6 Å². The van der Waals surface area contributed by atoms with Crippen molar-refractivity contribution >= 4 is 23.5 Å². The zero-order chi connectivity index (χ0) is 26.6. The van der Waals surface area contributed by atoms with Gasteiger partial charge < -0.3 is 18.9 Å². The fraction of sp³-hybridized carbons (Fsp3) is 0.267. The predicted molar refractivity (Wildman–Crippen MR) is 145 cm³/mol. The lowest BCUT2D eigenvalue weighted by atomic mass is 10.0. The molecule has 3 aromatic carbocycles. The van der Waals surface area contributed by atoms with Crippen LogP contribution in [0.5, 0.6) is 17.2 Å². The number of hydrogen-bond donors (Lipinski definition) is 0. The molecule has 6 nitrogen and oxygen atoms in total. The van der Waals surface area contributed by atoms with Gasteiger partial charge in [-0.2, -0.15) is 0 Å². The third-order valence-corrected chi connectivity index (χ3v) is 6.27. The Morgan fingerprint density at radius 3 is 1.92 bits per heavy atom. The standard InChI is InChI=1S/C30H31ClO6/c1-4-18-34-19-20-35-25-12-10-24(11-13-25)29(32)36-26-14-6-22(7-15-26)23-8-16-27(17-9-23)37-30(33)28(31)21(3)5-2/h4,6-17,21,28H,1,5,18-20H2,2-3H3/t21-,28-/m0/s1. The summed E-state index contributed by atoms with van der Waals surface area (Å²) in [5.41, 5.74) is 2.26. The number of carbonyl (C=O) groups is 2. The predicted octanol–water partition coefficient (Wildman–Crippen LogP) is 6.71.